The quantitative estimate of drug-likeness (QED) is 0.539. The largest absolute Gasteiger partial charge is 0.392 e. The average Bonchev–Trinajstić information content (AvgIpc) is 3.40. The Kier molecular flexibility index (Phi) is 5.19. The smallest absolute Gasteiger partial charge is 0.370 e. The van der Waals surface area contributed by atoms with E-state index in [1.165, 1.54) is 4.57 Å². The monoisotopic (exact) mass is 499 g/mol. The number of pyridine rings is 2. The number of alkyl halides is 3. The lowest BCUT2D eigenvalue weighted by Crippen LogP contribution is -2.40. The molecule has 1 unspecified atom stereocenters. The fourth-order valence-corrected chi connectivity index (χ4v) is 6.41. The Hall–Kier alpha value is -3.01. The van der Waals surface area contributed by atoms with E-state index in [-0.39, 0.29) is 18.1 Å². The SMILES string of the molecule is Cc1cc([C@@H]2CN(c3cc4nc(C)n(C)c(=O)c4c(C45CC(C4)C(C(F)(F)F)C5)n3)CCO2)ccn1. The second kappa shape index (κ2) is 7.99. The van der Waals surface area contributed by atoms with Crippen LogP contribution in [0.15, 0.2) is 29.2 Å². The fraction of sp³-hybridized carbons (Fsp3) is 0.538. The number of aryl methyl sites for hydroxylation is 2. The Morgan fingerprint density at radius 2 is 1.92 bits per heavy atom. The molecule has 7 nitrogen and oxygen atoms in total. The first-order valence-electron chi connectivity index (χ1n) is 12.3. The zero-order valence-corrected chi connectivity index (χ0v) is 20.5. The van der Waals surface area contributed by atoms with Crippen LogP contribution in [-0.4, -0.2) is 45.4 Å². The molecule has 36 heavy (non-hydrogen) atoms. The highest BCUT2D eigenvalue weighted by Gasteiger charge is 2.65. The standard InChI is InChI=1S/C26H28F3N5O2/c1-14-8-16(4-5-30-14)20-13-34(6-7-36-20)21-9-19-22(24(35)33(3)15(2)31-19)23(32-21)25-10-17(11-25)18(12-25)26(27,28)29/h4-5,8-9,17-18,20H,6-7,10-13H2,1-3H3/t17?,18?,20-,25?/m0/s1. The third-order valence-electron chi connectivity index (χ3n) is 8.36. The highest BCUT2D eigenvalue weighted by molar-refractivity contribution is 5.84. The lowest BCUT2D eigenvalue weighted by molar-refractivity contribution is -0.180. The minimum absolute atomic E-state index is 0.0220. The Balaban J connectivity index is 1.45. The van der Waals surface area contributed by atoms with Gasteiger partial charge < -0.3 is 9.64 Å². The number of hydrogen-bond donors (Lipinski definition) is 0. The van der Waals surface area contributed by atoms with E-state index in [4.69, 9.17) is 9.72 Å². The molecule has 10 heteroatoms. The molecule has 2 atom stereocenters. The molecule has 0 radical (unpaired) electrons. The lowest BCUT2D eigenvalue weighted by atomic mass is 9.66. The van der Waals surface area contributed by atoms with Gasteiger partial charge in [-0.1, -0.05) is 0 Å². The summed E-state index contributed by atoms with van der Waals surface area (Å²) in [6, 6.07) is 5.72. The Morgan fingerprint density at radius 3 is 2.61 bits per heavy atom. The number of nitrogens with zero attached hydrogens (tertiary/aromatic N) is 5. The third kappa shape index (κ3) is 3.60. The van der Waals surface area contributed by atoms with Crippen molar-refractivity contribution in [2.45, 2.75) is 50.8 Å². The Bertz CT molecular complexity index is 1410. The minimum Gasteiger partial charge on any atom is -0.370 e. The van der Waals surface area contributed by atoms with Gasteiger partial charge in [0.2, 0.25) is 0 Å². The summed E-state index contributed by atoms with van der Waals surface area (Å²) in [4.78, 5) is 29.3. The van der Waals surface area contributed by atoms with Crippen LogP contribution in [0.1, 0.15) is 48.1 Å². The van der Waals surface area contributed by atoms with Gasteiger partial charge in [-0.15, -0.1) is 0 Å². The van der Waals surface area contributed by atoms with Crippen molar-refractivity contribution in [1.29, 1.82) is 0 Å². The zero-order valence-electron chi connectivity index (χ0n) is 20.5. The molecule has 1 saturated heterocycles. The van der Waals surface area contributed by atoms with E-state index in [9.17, 15) is 18.0 Å². The van der Waals surface area contributed by atoms with Crippen molar-refractivity contribution in [3.8, 4) is 0 Å². The van der Waals surface area contributed by atoms with Crippen LogP contribution < -0.4 is 10.5 Å². The summed E-state index contributed by atoms with van der Waals surface area (Å²) in [5.74, 6) is -0.574. The summed E-state index contributed by atoms with van der Waals surface area (Å²) in [6.45, 7) is 5.28. The summed E-state index contributed by atoms with van der Waals surface area (Å²) in [5.41, 5.74) is 1.89. The summed E-state index contributed by atoms with van der Waals surface area (Å²) in [5, 5.41) is 0.350. The van der Waals surface area contributed by atoms with Crippen LogP contribution in [0, 0.1) is 25.7 Å². The molecule has 3 aromatic rings. The van der Waals surface area contributed by atoms with Gasteiger partial charge in [-0.05, 0) is 56.7 Å². The van der Waals surface area contributed by atoms with Crippen molar-refractivity contribution in [3.05, 3.63) is 57.5 Å². The minimum atomic E-state index is -4.24. The van der Waals surface area contributed by atoms with Crippen LogP contribution >= 0.6 is 0 Å². The molecule has 3 aromatic heterocycles. The van der Waals surface area contributed by atoms with Gasteiger partial charge >= 0.3 is 6.18 Å². The predicted molar refractivity (Wildman–Crippen MR) is 128 cm³/mol. The third-order valence-corrected chi connectivity index (χ3v) is 8.36. The first-order chi connectivity index (χ1) is 17.1. The van der Waals surface area contributed by atoms with Crippen LogP contribution in [-0.2, 0) is 17.2 Å². The topological polar surface area (TPSA) is 73.1 Å². The number of halogens is 3. The number of rotatable bonds is 3. The van der Waals surface area contributed by atoms with E-state index in [2.05, 4.69) is 14.9 Å². The van der Waals surface area contributed by atoms with E-state index in [0.29, 0.717) is 60.8 Å². The van der Waals surface area contributed by atoms with Crippen LogP contribution in [0.4, 0.5) is 19.0 Å². The fourth-order valence-electron chi connectivity index (χ4n) is 6.41. The summed E-state index contributed by atoms with van der Waals surface area (Å²) in [7, 11) is 1.64. The molecule has 2 bridgehead atoms. The number of anilines is 1. The van der Waals surface area contributed by atoms with Crippen molar-refractivity contribution >= 4 is 16.7 Å². The first-order valence-corrected chi connectivity index (χ1v) is 12.3. The van der Waals surface area contributed by atoms with E-state index in [0.717, 1.165) is 11.3 Å². The average molecular weight is 500 g/mol. The molecule has 4 aliphatic rings. The van der Waals surface area contributed by atoms with Crippen molar-refractivity contribution < 1.29 is 17.9 Å². The number of morpholine rings is 1. The van der Waals surface area contributed by atoms with Crippen LogP contribution in [0.2, 0.25) is 0 Å². The van der Waals surface area contributed by atoms with Crippen molar-refractivity contribution in [2.75, 3.05) is 24.6 Å². The van der Waals surface area contributed by atoms with Gasteiger partial charge in [0.1, 0.15) is 17.7 Å². The second-order valence-corrected chi connectivity index (χ2v) is 10.6. The van der Waals surface area contributed by atoms with Gasteiger partial charge in [-0.3, -0.25) is 14.3 Å². The molecule has 3 saturated carbocycles. The van der Waals surface area contributed by atoms with E-state index >= 15 is 0 Å². The van der Waals surface area contributed by atoms with Crippen molar-refractivity contribution in [2.24, 2.45) is 18.9 Å². The van der Waals surface area contributed by atoms with Crippen molar-refractivity contribution in [1.82, 2.24) is 19.5 Å². The molecule has 190 valence electrons. The Morgan fingerprint density at radius 1 is 1.14 bits per heavy atom. The molecule has 7 rings (SSSR count). The summed E-state index contributed by atoms with van der Waals surface area (Å²) < 4.78 is 48.6. The normalized spacial score (nSPS) is 27.9. The van der Waals surface area contributed by atoms with Gasteiger partial charge in [-0.25, -0.2) is 9.97 Å². The summed E-state index contributed by atoms with van der Waals surface area (Å²) >= 11 is 0. The molecule has 4 fully saturated rings. The molecular weight excluding hydrogens is 471 g/mol. The molecule has 1 aliphatic heterocycles. The second-order valence-electron chi connectivity index (χ2n) is 10.6. The number of hydrogen-bond acceptors (Lipinski definition) is 6. The lowest BCUT2D eigenvalue weighted by Gasteiger charge is -2.40. The van der Waals surface area contributed by atoms with Gasteiger partial charge in [0.15, 0.2) is 0 Å². The van der Waals surface area contributed by atoms with Gasteiger partial charge in [-0.2, -0.15) is 13.2 Å². The van der Waals surface area contributed by atoms with Crippen molar-refractivity contribution in [3.63, 3.8) is 0 Å². The zero-order chi connectivity index (χ0) is 25.4. The maximum absolute atomic E-state index is 13.7. The number of ether oxygens (including phenoxy) is 1. The number of aromatic nitrogens is 4. The predicted octanol–water partition coefficient (Wildman–Crippen LogP) is 4.15. The maximum atomic E-state index is 13.7. The van der Waals surface area contributed by atoms with Gasteiger partial charge in [0.05, 0.1) is 29.1 Å². The molecule has 0 amide bonds. The van der Waals surface area contributed by atoms with E-state index < -0.39 is 23.4 Å². The molecule has 4 heterocycles. The molecule has 3 aliphatic carbocycles. The molecule has 0 aromatic carbocycles. The molecular formula is C26H28F3N5O2. The molecule has 0 N–H and O–H groups in total. The highest BCUT2D eigenvalue weighted by atomic mass is 19.4. The van der Waals surface area contributed by atoms with Gasteiger partial charge in [0, 0.05) is 43.5 Å². The summed E-state index contributed by atoms with van der Waals surface area (Å²) in [6.07, 6.45) is -1.89. The molecule has 0 spiro atoms. The van der Waals surface area contributed by atoms with Gasteiger partial charge in [0.25, 0.3) is 5.56 Å². The number of fused-ring (bicyclic) bond motifs is 2. The van der Waals surface area contributed by atoms with E-state index in [1.54, 1.807) is 26.2 Å². The highest BCUT2D eigenvalue weighted by Crippen LogP contribution is 2.66. The van der Waals surface area contributed by atoms with E-state index in [1.807, 2.05) is 19.1 Å². The maximum Gasteiger partial charge on any atom is 0.392 e. The van der Waals surface area contributed by atoms with Crippen LogP contribution in [0.3, 0.4) is 0 Å². The van der Waals surface area contributed by atoms with Crippen LogP contribution in [0.25, 0.3) is 10.9 Å². The first kappa shape index (κ1) is 23.4. The Labute approximate surface area is 206 Å². The van der Waals surface area contributed by atoms with Crippen LogP contribution in [0.5, 0.6) is 0 Å².